The normalized spacial score (nSPS) is 11.3. The highest BCUT2D eigenvalue weighted by Crippen LogP contribution is 2.25. The molecule has 1 unspecified atom stereocenters. The third kappa shape index (κ3) is 5.30. The number of hydrogen-bond donors (Lipinski definition) is 1. The van der Waals surface area contributed by atoms with Crippen LogP contribution in [0.2, 0.25) is 0 Å². The van der Waals surface area contributed by atoms with E-state index >= 15 is 0 Å². The van der Waals surface area contributed by atoms with Crippen molar-refractivity contribution in [2.45, 2.75) is 12.5 Å². The summed E-state index contributed by atoms with van der Waals surface area (Å²) in [5, 5.41) is 13.5. The lowest BCUT2D eigenvalue weighted by molar-refractivity contribution is -0.385. The van der Waals surface area contributed by atoms with E-state index in [1.807, 2.05) is 30.3 Å². The summed E-state index contributed by atoms with van der Waals surface area (Å²) in [4.78, 5) is 34.3. The van der Waals surface area contributed by atoms with Crippen LogP contribution in [0.1, 0.15) is 5.56 Å². The number of ether oxygens (including phenoxy) is 2. The second-order valence-electron chi connectivity index (χ2n) is 5.35. The fourth-order valence-electron chi connectivity index (χ4n) is 2.29. The number of carbonyl (C=O) groups is 2. The molecule has 0 saturated carbocycles. The van der Waals surface area contributed by atoms with Gasteiger partial charge < -0.3 is 14.8 Å². The number of methoxy groups -OCH3 is 1. The summed E-state index contributed by atoms with van der Waals surface area (Å²) in [7, 11) is 1.23. The third-order valence-corrected chi connectivity index (χ3v) is 3.52. The summed E-state index contributed by atoms with van der Waals surface area (Å²) >= 11 is 0. The Hall–Kier alpha value is -3.42. The number of carbonyl (C=O) groups excluding carboxylic acids is 2. The maximum Gasteiger partial charge on any atom is 0.328 e. The predicted molar refractivity (Wildman–Crippen MR) is 92.7 cm³/mol. The van der Waals surface area contributed by atoms with E-state index in [1.165, 1.54) is 25.3 Å². The average Bonchev–Trinajstić information content (AvgIpc) is 2.66. The first-order valence-corrected chi connectivity index (χ1v) is 7.78. The summed E-state index contributed by atoms with van der Waals surface area (Å²) in [6.07, 6.45) is 0.255. The van der Waals surface area contributed by atoms with Gasteiger partial charge in [0.25, 0.3) is 5.91 Å². The standard InChI is InChI=1S/C18H18N2O6/c1-25-18(22)14(11-13-7-3-2-4-8-13)19-17(21)12-26-16-10-6-5-9-15(16)20(23)24/h2-10,14H,11-12H2,1H3,(H,19,21). The highest BCUT2D eigenvalue weighted by molar-refractivity contribution is 5.85. The summed E-state index contributed by atoms with van der Waals surface area (Å²) < 4.78 is 9.93. The van der Waals surface area contributed by atoms with Crippen molar-refractivity contribution < 1.29 is 24.0 Å². The fraction of sp³-hybridized carbons (Fsp3) is 0.222. The quantitative estimate of drug-likeness (QED) is 0.438. The second kappa shape index (κ2) is 9.16. The minimum Gasteiger partial charge on any atom is -0.477 e. The SMILES string of the molecule is COC(=O)C(Cc1ccccc1)NC(=O)COc1ccccc1[N+](=O)[O-]. The Morgan fingerprint density at radius 1 is 1.12 bits per heavy atom. The van der Waals surface area contributed by atoms with Crippen LogP contribution >= 0.6 is 0 Å². The highest BCUT2D eigenvalue weighted by Gasteiger charge is 2.23. The smallest absolute Gasteiger partial charge is 0.328 e. The van der Waals surface area contributed by atoms with E-state index in [0.717, 1.165) is 5.56 Å². The Morgan fingerprint density at radius 3 is 2.42 bits per heavy atom. The number of rotatable bonds is 8. The Bertz CT molecular complexity index is 778. The Kier molecular flexibility index (Phi) is 6.67. The van der Waals surface area contributed by atoms with Gasteiger partial charge >= 0.3 is 11.7 Å². The summed E-state index contributed by atoms with van der Waals surface area (Å²) in [6.45, 7) is -0.465. The van der Waals surface area contributed by atoms with Crippen LogP contribution in [-0.4, -0.2) is 36.6 Å². The first kappa shape index (κ1) is 18.9. The molecule has 0 bridgehead atoms. The van der Waals surface area contributed by atoms with Crippen molar-refractivity contribution >= 4 is 17.6 Å². The van der Waals surface area contributed by atoms with Crippen LogP contribution in [0.3, 0.4) is 0 Å². The van der Waals surface area contributed by atoms with Crippen LogP contribution in [0.15, 0.2) is 54.6 Å². The Labute approximate surface area is 149 Å². The van der Waals surface area contributed by atoms with Crippen LogP contribution in [-0.2, 0) is 20.7 Å². The molecule has 2 aromatic carbocycles. The largest absolute Gasteiger partial charge is 0.477 e. The predicted octanol–water partition coefficient (Wildman–Crippen LogP) is 1.87. The van der Waals surface area contributed by atoms with Crippen LogP contribution in [0, 0.1) is 10.1 Å². The minimum absolute atomic E-state index is 0.0228. The van der Waals surface area contributed by atoms with Crippen molar-refractivity contribution in [3.63, 3.8) is 0 Å². The molecule has 0 aromatic heterocycles. The molecular weight excluding hydrogens is 340 g/mol. The summed E-state index contributed by atoms with van der Waals surface area (Å²) in [5.74, 6) is -1.20. The van der Waals surface area contributed by atoms with E-state index in [4.69, 9.17) is 9.47 Å². The maximum atomic E-state index is 12.1. The van der Waals surface area contributed by atoms with Gasteiger partial charge in [0.1, 0.15) is 6.04 Å². The van der Waals surface area contributed by atoms with E-state index in [-0.39, 0.29) is 17.9 Å². The van der Waals surface area contributed by atoms with Gasteiger partial charge in [0, 0.05) is 12.5 Å². The number of para-hydroxylation sites is 2. The van der Waals surface area contributed by atoms with E-state index in [9.17, 15) is 19.7 Å². The molecule has 0 aliphatic heterocycles. The Morgan fingerprint density at radius 2 is 1.77 bits per heavy atom. The maximum absolute atomic E-state index is 12.1. The molecule has 1 atom stereocenters. The monoisotopic (exact) mass is 358 g/mol. The van der Waals surface area contributed by atoms with Crippen LogP contribution < -0.4 is 10.1 Å². The summed E-state index contributed by atoms with van der Waals surface area (Å²) in [6, 6.07) is 14.0. The lowest BCUT2D eigenvalue weighted by Gasteiger charge is -2.17. The van der Waals surface area contributed by atoms with Crippen LogP contribution in [0.5, 0.6) is 5.75 Å². The van der Waals surface area contributed by atoms with Gasteiger partial charge in [-0.1, -0.05) is 42.5 Å². The van der Waals surface area contributed by atoms with Gasteiger partial charge in [-0.2, -0.15) is 0 Å². The highest BCUT2D eigenvalue weighted by atomic mass is 16.6. The average molecular weight is 358 g/mol. The van der Waals surface area contributed by atoms with Crippen molar-refractivity contribution in [2.75, 3.05) is 13.7 Å². The number of amides is 1. The first-order chi connectivity index (χ1) is 12.5. The van der Waals surface area contributed by atoms with Gasteiger partial charge in [-0.3, -0.25) is 14.9 Å². The first-order valence-electron chi connectivity index (χ1n) is 7.78. The zero-order valence-corrected chi connectivity index (χ0v) is 14.1. The van der Waals surface area contributed by atoms with Gasteiger partial charge in [0.2, 0.25) is 0 Å². The van der Waals surface area contributed by atoms with Gasteiger partial charge in [0.05, 0.1) is 12.0 Å². The molecular formula is C18H18N2O6. The molecule has 136 valence electrons. The topological polar surface area (TPSA) is 108 Å². The van der Waals surface area contributed by atoms with Crippen molar-refractivity contribution in [2.24, 2.45) is 0 Å². The lowest BCUT2D eigenvalue weighted by atomic mass is 10.1. The molecule has 0 aliphatic carbocycles. The molecule has 26 heavy (non-hydrogen) atoms. The molecule has 0 fully saturated rings. The molecule has 8 heteroatoms. The fourth-order valence-corrected chi connectivity index (χ4v) is 2.29. The van der Waals surface area contributed by atoms with Crippen molar-refractivity contribution in [1.29, 1.82) is 0 Å². The molecule has 0 spiro atoms. The molecule has 0 saturated heterocycles. The van der Waals surface area contributed by atoms with E-state index in [1.54, 1.807) is 6.07 Å². The molecule has 8 nitrogen and oxygen atoms in total. The summed E-state index contributed by atoms with van der Waals surface area (Å²) in [5.41, 5.74) is 0.608. The van der Waals surface area contributed by atoms with Gasteiger partial charge in [0.15, 0.2) is 12.4 Å². The molecule has 0 radical (unpaired) electrons. The number of nitro groups is 1. The zero-order valence-electron chi connectivity index (χ0n) is 14.1. The van der Waals surface area contributed by atoms with E-state index in [2.05, 4.69) is 5.32 Å². The number of hydrogen-bond acceptors (Lipinski definition) is 6. The Balaban J connectivity index is 1.99. The number of nitrogens with zero attached hydrogens (tertiary/aromatic N) is 1. The van der Waals surface area contributed by atoms with Gasteiger partial charge in [-0.15, -0.1) is 0 Å². The van der Waals surface area contributed by atoms with Gasteiger partial charge in [-0.05, 0) is 11.6 Å². The molecule has 2 aromatic rings. The van der Waals surface area contributed by atoms with Crippen LogP contribution in [0.4, 0.5) is 5.69 Å². The number of nitro benzene ring substituents is 1. The van der Waals surface area contributed by atoms with Crippen molar-refractivity contribution in [3.8, 4) is 5.75 Å². The molecule has 0 heterocycles. The number of nitrogens with one attached hydrogen (secondary N) is 1. The van der Waals surface area contributed by atoms with Gasteiger partial charge in [-0.25, -0.2) is 4.79 Å². The minimum atomic E-state index is -0.885. The van der Waals surface area contributed by atoms with Crippen molar-refractivity contribution in [3.05, 3.63) is 70.3 Å². The van der Waals surface area contributed by atoms with Crippen LogP contribution in [0.25, 0.3) is 0 Å². The van der Waals surface area contributed by atoms with Crippen molar-refractivity contribution in [1.82, 2.24) is 5.32 Å². The number of esters is 1. The molecule has 1 N–H and O–H groups in total. The molecule has 0 aliphatic rings. The number of benzene rings is 2. The molecule has 1 amide bonds. The zero-order chi connectivity index (χ0) is 18.9. The lowest BCUT2D eigenvalue weighted by Crippen LogP contribution is -2.44. The second-order valence-corrected chi connectivity index (χ2v) is 5.35. The molecule has 2 rings (SSSR count). The van der Waals surface area contributed by atoms with E-state index in [0.29, 0.717) is 0 Å². The third-order valence-electron chi connectivity index (χ3n) is 3.52. The van der Waals surface area contributed by atoms with E-state index < -0.39 is 29.4 Å².